The van der Waals surface area contributed by atoms with E-state index >= 15 is 0 Å². The second-order valence-electron chi connectivity index (χ2n) is 5.73. The summed E-state index contributed by atoms with van der Waals surface area (Å²) in [5.74, 6) is 0. The maximum absolute atomic E-state index is 11.3. The van der Waals surface area contributed by atoms with Gasteiger partial charge in [0.05, 0.1) is 0 Å². The molecule has 0 saturated heterocycles. The second-order valence-corrected chi connectivity index (χ2v) is 7.53. The standard InChI is InChI=1S/C13H25NOS/c1-11(16(2)15)10-14-12-6-9-13(12)7-4-3-5-8-13/h11-12,14H,3-10H2,1-2H3. The third-order valence-electron chi connectivity index (χ3n) is 4.74. The van der Waals surface area contributed by atoms with Crippen molar-refractivity contribution in [2.45, 2.75) is 63.2 Å². The fraction of sp³-hybridized carbons (Fsp3) is 1.00. The van der Waals surface area contributed by atoms with Crippen molar-refractivity contribution in [3.63, 3.8) is 0 Å². The first-order valence-electron chi connectivity index (χ1n) is 6.70. The average molecular weight is 243 g/mol. The smallest absolute Gasteiger partial charge is 0.0441 e. The Hall–Kier alpha value is 0.110. The molecule has 94 valence electrons. The molecule has 0 bridgehead atoms. The van der Waals surface area contributed by atoms with Gasteiger partial charge in [-0.2, -0.15) is 0 Å². The summed E-state index contributed by atoms with van der Waals surface area (Å²) in [5, 5.41) is 3.96. The van der Waals surface area contributed by atoms with Crippen molar-refractivity contribution < 1.29 is 4.21 Å². The van der Waals surface area contributed by atoms with E-state index in [1.165, 1.54) is 44.9 Å². The van der Waals surface area contributed by atoms with Crippen LogP contribution in [0, 0.1) is 5.41 Å². The van der Waals surface area contributed by atoms with Crippen LogP contribution in [0.1, 0.15) is 51.9 Å². The van der Waals surface area contributed by atoms with E-state index in [9.17, 15) is 4.21 Å². The normalized spacial score (nSPS) is 32.0. The van der Waals surface area contributed by atoms with E-state index < -0.39 is 10.8 Å². The highest BCUT2D eigenvalue weighted by molar-refractivity contribution is 7.84. The van der Waals surface area contributed by atoms with E-state index in [1.807, 2.05) is 6.26 Å². The molecule has 0 amide bonds. The van der Waals surface area contributed by atoms with Gasteiger partial charge in [0.25, 0.3) is 0 Å². The molecule has 2 saturated carbocycles. The van der Waals surface area contributed by atoms with Crippen LogP contribution in [0.3, 0.4) is 0 Å². The first-order chi connectivity index (χ1) is 7.64. The predicted molar refractivity (Wildman–Crippen MR) is 70.1 cm³/mol. The van der Waals surface area contributed by atoms with Crippen LogP contribution >= 0.6 is 0 Å². The van der Waals surface area contributed by atoms with Crippen molar-refractivity contribution >= 4 is 10.8 Å². The predicted octanol–water partition coefficient (Wildman–Crippen LogP) is 2.46. The van der Waals surface area contributed by atoms with Crippen LogP contribution in [0.5, 0.6) is 0 Å². The Morgan fingerprint density at radius 1 is 1.31 bits per heavy atom. The third-order valence-corrected chi connectivity index (χ3v) is 6.04. The molecule has 2 aliphatic rings. The molecular weight excluding hydrogens is 218 g/mol. The number of rotatable bonds is 4. The molecule has 2 aliphatic carbocycles. The summed E-state index contributed by atoms with van der Waals surface area (Å²) in [4.78, 5) is 0. The molecular formula is C13H25NOS. The van der Waals surface area contributed by atoms with Gasteiger partial charge in [-0.3, -0.25) is 4.21 Å². The minimum Gasteiger partial charge on any atom is -0.312 e. The summed E-state index contributed by atoms with van der Waals surface area (Å²) in [5.41, 5.74) is 0.632. The highest BCUT2D eigenvalue weighted by Crippen LogP contribution is 2.51. The SMILES string of the molecule is CC(CNC1CCC12CCCCC2)S(C)=O. The van der Waals surface area contributed by atoms with Crippen molar-refractivity contribution in [1.29, 1.82) is 0 Å². The van der Waals surface area contributed by atoms with E-state index in [2.05, 4.69) is 12.2 Å². The molecule has 1 spiro atoms. The lowest BCUT2D eigenvalue weighted by Crippen LogP contribution is -2.55. The molecule has 1 N–H and O–H groups in total. The molecule has 0 heterocycles. The fourth-order valence-electron chi connectivity index (χ4n) is 3.30. The minimum atomic E-state index is -0.684. The molecule has 0 radical (unpaired) electrons. The summed E-state index contributed by atoms with van der Waals surface area (Å²) in [6.07, 6.45) is 11.7. The Balaban J connectivity index is 1.80. The van der Waals surface area contributed by atoms with Crippen molar-refractivity contribution in [2.75, 3.05) is 12.8 Å². The van der Waals surface area contributed by atoms with Crippen molar-refractivity contribution in [1.82, 2.24) is 5.32 Å². The lowest BCUT2D eigenvalue weighted by Gasteiger charge is -2.53. The monoisotopic (exact) mass is 243 g/mol. The molecule has 0 aliphatic heterocycles. The van der Waals surface area contributed by atoms with E-state index in [0.29, 0.717) is 10.7 Å². The molecule has 2 rings (SSSR count). The van der Waals surface area contributed by atoms with Gasteiger partial charge in [-0.05, 0) is 38.0 Å². The Morgan fingerprint density at radius 2 is 2.00 bits per heavy atom. The van der Waals surface area contributed by atoms with E-state index in [-0.39, 0.29) is 0 Å². The Bertz CT molecular complexity index is 261. The van der Waals surface area contributed by atoms with Gasteiger partial charge in [-0.1, -0.05) is 19.3 Å². The molecule has 2 fully saturated rings. The van der Waals surface area contributed by atoms with Crippen LogP contribution in [-0.2, 0) is 10.8 Å². The third kappa shape index (κ3) is 2.51. The maximum atomic E-state index is 11.3. The molecule has 3 unspecified atom stereocenters. The quantitative estimate of drug-likeness (QED) is 0.822. The van der Waals surface area contributed by atoms with Gasteiger partial charge in [0.15, 0.2) is 0 Å². The van der Waals surface area contributed by atoms with Gasteiger partial charge < -0.3 is 5.32 Å². The summed E-state index contributed by atoms with van der Waals surface area (Å²) in [6.45, 7) is 3.00. The zero-order valence-corrected chi connectivity index (χ0v) is 11.4. The van der Waals surface area contributed by atoms with Crippen LogP contribution in [0.15, 0.2) is 0 Å². The molecule has 2 nitrogen and oxygen atoms in total. The number of hydrogen-bond acceptors (Lipinski definition) is 2. The van der Waals surface area contributed by atoms with Crippen molar-refractivity contribution in [3.05, 3.63) is 0 Å². The zero-order valence-electron chi connectivity index (χ0n) is 10.6. The number of hydrogen-bond donors (Lipinski definition) is 1. The summed E-state index contributed by atoms with van der Waals surface area (Å²) in [6, 6.07) is 0.721. The summed E-state index contributed by atoms with van der Waals surface area (Å²) in [7, 11) is -0.684. The summed E-state index contributed by atoms with van der Waals surface area (Å²) >= 11 is 0. The number of nitrogens with one attached hydrogen (secondary N) is 1. The molecule has 16 heavy (non-hydrogen) atoms. The van der Waals surface area contributed by atoms with Crippen LogP contribution in [0.25, 0.3) is 0 Å². The second kappa shape index (κ2) is 5.18. The minimum absolute atomic E-state index is 0.293. The Labute approximate surface area is 102 Å². The zero-order chi connectivity index (χ0) is 11.6. The highest BCUT2D eigenvalue weighted by atomic mass is 32.2. The molecule has 3 heteroatoms. The first kappa shape index (κ1) is 12.6. The van der Waals surface area contributed by atoms with Gasteiger partial charge >= 0.3 is 0 Å². The van der Waals surface area contributed by atoms with Gasteiger partial charge in [0.2, 0.25) is 0 Å². The Morgan fingerprint density at radius 3 is 2.50 bits per heavy atom. The molecule has 3 atom stereocenters. The highest BCUT2D eigenvalue weighted by Gasteiger charge is 2.46. The lowest BCUT2D eigenvalue weighted by molar-refractivity contribution is 0.0236. The average Bonchev–Trinajstić information content (AvgIpc) is 2.28. The van der Waals surface area contributed by atoms with Gasteiger partial charge in [-0.15, -0.1) is 0 Å². The van der Waals surface area contributed by atoms with Crippen molar-refractivity contribution in [2.24, 2.45) is 5.41 Å². The summed E-state index contributed by atoms with van der Waals surface area (Å²) < 4.78 is 11.3. The topological polar surface area (TPSA) is 29.1 Å². The fourth-order valence-corrected chi connectivity index (χ4v) is 3.63. The van der Waals surface area contributed by atoms with E-state index in [1.54, 1.807) is 0 Å². The lowest BCUT2D eigenvalue weighted by atomic mass is 9.57. The Kier molecular flexibility index (Phi) is 4.06. The molecule has 0 aromatic rings. The molecule has 0 aromatic carbocycles. The van der Waals surface area contributed by atoms with Crippen LogP contribution in [0.2, 0.25) is 0 Å². The van der Waals surface area contributed by atoms with Crippen LogP contribution in [0.4, 0.5) is 0 Å². The van der Waals surface area contributed by atoms with Gasteiger partial charge in [-0.25, -0.2) is 0 Å². The molecule has 0 aromatic heterocycles. The largest absolute Gasteiger partial charge is 0.312 e. The van der Waals surface area contributed by atoms with Crippen molar-refractivity contribution in [3.8, 4) is 0 Å². The van der Waals surface area contributed by atoms with E-state index in [0.717, 1.165) is 12.6 Å². The first-order valence-corrected chi connectivity index (χ1v) is 8.32. The van der Waals surface area contributed by atoms with Crippen LogP contribution in [-0.4, -0.2) is 28.3 Å². The van der Waals surface area contributed by atoms with Crippen LogP contribution < -0.4 is 5.32 Å². The van der Waals surface area contributed by atoms with Gasteiger partial charge in [0, 0.05) is 34.9 Å². The maximum Gasteiger partial charge on any atom is 0.0441 e. The van der Waals surface area contributed by atoms with E-state index in [4.69, 9.17) is 0 Å². The van der Waals surface area contributed by atoms with Gasteiger partial charge in [0.1, 0.15) is 0 Å².